The van der Waals surface area contributed by atoms with Crippen LogP contribution < -0.4 is 19.5 Å². The fraction of sp³-hybridized carbons (Fsp3) is 0.536. The highest BCUT2D eigenvalue weighted by molar-refractivity contribution is 7.92. The Kier molecular flexibility index (Phi) is 9.32. The van der Waals surface area contributed by atoms with E-state index in [0.717, 1.165) is 38.7 Å². The van der Waals surface area contributed by atoms with Gasteiger partial charge in [-0.25, -0.2) is 8.42 Å². The first kappa shape index (κ1) is 27.3. The highest BCUT2D eigenvalue weighted by Crippen LogP contribution is 2.34. The van der Waals surface area contributed by atoms with Gasteiger partial charge in [-0.1, -0.05) is 31.4 Å². The van der Waals surface area contributed by atoms with Gasteiger partial charge in [-0.05, 0) is 61.4 Å². The first-order valence-electron chi connectivity index (χ1n) is 13.2. The van der Waals surface area contributed by atoms with Gasteiger partial charge in [0.25, 0.3) is 0 Å². The molecular formula is C28H39N3O5S. The Morgan fingerprint density at radius 2 is 1.68 bits per heavy atom. The van der Waals surface area contributed by atoms with Gasteiger partial charge in [0.15, 0.2) is 11.5 Å². The average Bonchev–Trinajstić information content (AvgIpc) is 2.87. The molecule has 2 aromatic rings. The van der Waals surface area contributed by atoms with Gasteiger partial charge in [0.2, 0.25) is 15.9 Å². The number of carbonyl (C=O) groups is 1. The number of carbonyl (C=O) groups excluding carboxylic acids is 1. The SMILES string of the molecule is COc1cc(NS(C)(=O)=O)ccc1Oc1ccc(CN2CCC(NC(=O)CC3CCCCC3)CC2)cc1. The van der Waals surface area contributed by atoms with Gasteiger partial charge in [0.1, 0.15) is 5.75 Å². The summed E-state index contributed by atoms with van der Waals surface area (Å²) < 4.78 is 36.7. The van der Waals surface area contributed by atoms with Crippen molar-refractivity contribution in [1.82, 2.24) is 10.2 Å². The maximum absolute atomic E-state index is 12.5. The van der Waals surface area contributed by atoms with E-state index in [0.29, 0.717) is 35.3 Å². The molecule has 4 rings (SSSR count). The fourth-order valence-electron chi connectivity index (χ4n) is 5.25. The van der Waals surface area contributed by atoms with Crippen molar-refractivity contribution < 1.29 is 22.7 Å². The number of hydrogen-bond acceptors (Lipinski definition) is 6. The maximum Gasteiger partial charge on any atom is 0.229 e. The number of nitrogens with one attached hydrogen (secondary N) is 2. The summed E-state index contributed by atoms with van der Waals surface area (Å²) in [5, 5.41) is 3.28. The van der Waals surface area contributed by atoms with E-state index >= 15 is 0 Å². The third-order valence-corrected chi connectivity index (χ3v) is 7.78. The van der Waals surface area contributed by atoms with Crippen LogP contribution in [0, 0.1) is 5.92 Å². The van der Waals surface area contributed by atoms with Crippen LogP contribution in [-0.4, -0.2) is 51.7 Å². The minimum atomic E-state index is -3.37. The van der Waals surface area contributed by atoms with Crippen molar-refractivity contribution in [3.8, 4) is 17.2 Å². The van der Waals surface area contributed by atoms with E-state index in [4.69, 9.17) is 9.47 Å². The molecule has 2 aliphatic rings. The number of ether oxygens (including phenoxy) is 2. The highest BCUT2D eigenvalue weighted by atomic mass is 32.2. The zero-order chi connectivity index (χ0) is 26.3. The third-order valence-electron chi connectivity index (χ3n) is 7.18. The van der Waals surface area contributed by atoms with Crippen LogP contribution >= 0.6 is 0 Å². The van der Waals surface area contributed by atoms with Gasteiger partial charge in [0.05, 0.1) is 19.1 Å². The number of benzene rings is 2. The Balaban J connectivity index is 1.23. The lowest BCUT2D eigenvalue weighted by atomic mass is 9.86. The van der Waals surface area contributed by atoms with Crippen LogP contribution in [0.4, 0.5) is 5.69 Å². The molecule has 0 spiro atoms. The first-order chi connectivity index (χ1) is 17.8. The van der Waals surface area contributed by atoms with Gasteiger partial charge in [-0.15, -0.1) is 0 Å². The number of sulfonamides is 1. The Bertz CT molecular complexity index is 1140. The Hall–Kier alpha value is -2.78. The van der Waals surface area contributed by atoms with Crippen molar-refractivity contribution in [1.29, 1.82) is 0 Å². The summed E-state index contributed by atoms with van der Waals surface area (Å²) in [5.41, 5.74) is 1.61. The van der Waals surface area contributed by atoms with Crippen molar-refractivity contribution in [2.24, 2.45) is 5.92 Å². The molecule has 202 valence electrons. The Labute approximate surface area is 220 Å². The summed E-state index contributed by atoms with van der Waals surface area (Å²) in [5.74, 6) is 2.43. The molecule has 0 bridgehead atoms. The normalized spacial score (nSPS) is 17.8. The predicted octanol–water partition coefficient (Wildman–Crippen LogP) is 4.91. The number of likely N-dealkylation sites (tertiary alicyclic amines) is 1. The van der Waals surface area contributed by atoms with E-state index in [1.807, 2.05) is 12.1 Å². The monoisotopic (exact) mass is 529 g/mol. The van der Waals surface area contributed by atoms with Crippen LogP contribution in [0.3, 0.4) is 0 Å². The average molecular weight is 530 g/mol. The molecule has 8 nitrogen and oxygen atoms in total. The number of amides is 1. The van der Waals surface area contributed by atoms with Crippen molar-refractivity contribution in [2.45, 2.75) is 64.0 Å². The number of anilines is 1. The molecule has 2 fully saturated rings. The molecular weight excluding hydrogens is 490 g/mol. The molecule has 1 heterocycles. The fourth-order valence-corrected chi connectivity index (χ4v) is 5.81. The minimum absolute atomic E-state index is 0.235. The van der Waals surface area contributed by atoms with Crippen molar-refractivity contribution in [3.05, 3.63) is 48.0 Å². The van der Waals surface area contributed by atoms with E-state index in [1.54, 1.807) is 18.2 Å². The largest absolute Gasteiger partial charge is 0.493 e. The Morgan fingerprint density at radius 1 is 0.973 bits per heavy atom. The van der Waals surface area contributed by atoms with Crippen LogP contribution in [-0.2, 0) is 21.4 Å². The quantitative estimate of drug-likeness (QED) is 0.454. The summed E-state index contributed by atoms with van der Waals surface area (Å²) in [6, 6.07) is 13.2. The first-order valence-corrected chi connectivity index (χ1v) is 15.1. The molecule has 1 saturated carbocycles. The van der Waals surface area contributed by atoms with Crippen LogP contribution in [0.25, 0.3) is 0 Å². The summed E-state index contributed by atoms with van der Waals surface area (Å²) in [4.78, 5) is 14.9. The number of methoxy groups -OCH3 is 1. The summed E-state index contributed by atoms with van der Waals surface area (Å²) in [7, 11) is -1.86. The molecule has 1 amide bonds. The zero-order valence-electron chi connectivity index (χ0n) is 21.9. The molecule has 0 radical (unpaired) electrons. The number of rotatable bonds is 10. The van der Waals surface area contributed by atoms with Gasteiger partial charge in [0, 0.05) is 38.2 Å². The number of piperidine rings is 1. The lowest BCUT2D eigenvalue weighted by molar-refractivity contribution is -0.123. The van der Waals surface area contributed by atoms with Crippen LogP contribution in [0.2, 0.25) is 0 Å². The topological polar surface area (TPSA) is 97.0 Å². The maximum atomic E-state index is 12.5. The molecule has 37 heavy (non-hydrogen) atoms. The smallest absolute Gasteiger partial charge is 0.229 e. The molecule has 2 N–H and O–H groups in total. The third kappa shape index (κ3) is 8.64. The van der Waals surface area contributed by atoms with E-state index < -0.39 is 10.0 Å². The van der Waals surface area contributed by atoms with Crippen molar-refractivity contribution >= 4 is 21.6 Å². The lowest BCUT2D eigenvalue weighted by Crippen LogP contribution is -2.44. The summed E-state index contributed by atoms with van der Waals surface area (Å²) >= 11 is 0. The lowest BCUT2D eigenvalue weighted by Gasteiger charge is -2.32. The Morgan fingerprint density at radius 3 is 2.32 bits per heavy atom. The van der Waals surface area contributed by atoms with Crippen LogP contribution in [0.1, 0.15) is 56.9 Å². The van der Waals surface area contributed by atoms with Crippen molar-refractivity contribution in [2.75, 3.05) is 31.2 Å². The molecule has 1 aliphatic heterocycles. The molecule has 0 atom stereocenters. The summed E-state index contributed by atoms with van der Waals surface area (Å²) in [6.45, 7) is 2.80. The van der Waals surface area contributed by atoms with E-state index in [9.17, 15) is 13.2 Å². The van der Waals surface area contributed by atoms with Crippen LogP contribution in [0.15, 0.2) is 42.5 Å². The predicted molar refractivity (Wildman–Crippen MR) is 146 cm³/mol. The van der Waals surface area contributed by atoms with Gasteiger partial charge >= 0.3 is 0 Å². The van der Waals surface area contributed by atoms with E-state index in [2.05, 4.69) is 27.1 Å². The zero-order valence-corrected chi connectivity index (χ0v) is 22.7. The van der Waals surface area contributed by atoms with E-state index in [-0.39, 0.29) is 11.9 Å². The molecule has 9 heteroatoms. The van der Waals surface area contributed by atoms with E-state index in [1.165, 1.54) is 44.8 Å². The molecule has 2 aromatic carbocycles. The number of hydrogen-bond donors (Lipinski definition) is 2. The molecule has 1 saturated heterocycles. The van der Waals surface area contributed by atoms with Crippen LogP contribution in [0.5, 0.6) is 17.2 Å². The van der Waals surface area contributed by atoms with Gasteiger partial charge in [-0.2, -0.15) is 0 Å². The number of nitrogens with zero attached hydrogens (tertiary/aromatic N) is 1. The summed E-state index contributed by atoms with van der Waals surface area (Å²) in [6.07, 6.45) is 10.1. The minimum Gasteiger partial charge on any atom is -0.493 e. The second-order valence-corrected chi connectivity index (χ2v) is 12.1. The molecule has 1 aliphatic carbocycles. The highest BCUT2D eigenvalue weighted by Gasteiger charge is 2.23. The second-order valence-electron chi connectivity index (χ2n) is 10.3. The molecule has 0 unspecified atom stereocenters. The van der Waals surface area contributed by atoms with Gasteiger partial charge in [-0.3, -0.25) is 14.4 Å². The van der Waals surface area contributed by atoms with Gasteiger partial charge < -0.3 is 14.8 Å². The van der Waals surface area contributed by atoms with Crippen molar-refractivity contribution in [3.63, 3.8) is 0 Å². The second kappa shape index (κ2) is 12.6. The standard InChI is InChI=1S/C28H39N3O5S/c1-35-27-19-24(30-37(2,33)34)10-13-26(27)36-25-11-8-22(9-12-25)20-31-16-14-23(15-17-31)29-28(32)18-21-6-4-3-5-7-21/h8-13,19,21,23,30H,3-7,14-18,20H2,1-2H3,(H,29,32). The molecule has 0 aromatic heterocycles.